The van der Waals surface area contributed by atoms with Crippen molar-refractivity contribution in [3.05, 3.63) is 35.5 Å². The molecule has 1 radical (unpaired) electrons. The maximum absolute atomic E-state index is 12.6. The average molecular weight is 229 g/mol. The van der Waals surface area contributed by atoms with Crippen LogP contribution < -0.4 is 0 Å². The van der Waals surface area contributed by atoms with Crippen LogP contribution in [0.15, 0.2) is 23.7 Å². The maximum Gasteiger partial charge on any atom is 0.418 e. The second-order valence-corrected chi connectivity index (χ2v) is 3.54. The maximum atomic E-state index is 12.6. The number of nitrogens with zero attached hydrogens (tertiary/aromatic N) is 2. The Labute approximate surface area is 87.4 Å². The van der Waals surface area contributed by atoms with Gasteiger partial charge in [-0.05, 0) is 12.1 Å². The summed E-state index contributed by atoms with van der Waals surface area (Å²) in [6.45, 7) is 0. The number of pyridine rings is 1. The van der Waals surface area contributed by atoms with Crippen LogP contribution in [0.4, 0.5) is 13.2 Å². The second-order valence-electron chi connectivity index (χ2n) is 2.68. The lowest BCUT2D eigenvalue weighted by molar-refractivity contribution is -0.137. The SMILES string of the molecule is FC(F)(F)c1cccnc1-c1n[c]cs1. The second kappa shape index (κ2) is 3.62. The molecule has 0 saturated heterocycles. The molecule has 0 aromatic carbocycles. The third-order valence-electron chi connectivity index (χ3n) is 1.71. The topological polar surface area (TPSA) is 25.8 Å². The zero-order valence-corrected chi connectivity index (χ0v) is 8.06. The fraction of sp³-hybridized carbons (Fsp3) is 0.111. The van der Waals surface area contributed by atoms with E-state index in [9.17, 15) is 13.2 Å². The van der Waals surface area contributed by atoms with Gasteiger partial charge in [0, 0.05) is 11.6 Å². The van der Waals surface area contributed by atoms with E-state index in [0.29, 0.717) is 0 Å². The van der Waals surface area contributed by atoms with Crippen LogP contribution in [0.1, 0.15) is 5.56 Å². The van der Waals surface area contributed by atoms with Crippen LogP contribution in [0.3, 0.4) is 0 Å². The monoisotopic (exact) mass is 229 g/mol. The zero-order valence-electron chi connectivity index (χ0n) is 7.25. The summed E-state index contributed by atoms with van der Waals surface area (Å²) in [5, 5.41) is 1.72. The predicted molar refractivity (Wildman–Crippen MR) is 49.2 cm³/mol. The Balaban J connectivity index is 2.58. The Bertz CT molecular complexity index is 451. The van der Waals surface area contributed by atoms with Gasteiger partial charge in [0.15, 0.2) is 0 Å². The fourth-order valence-corrected chi connectivity index (χ4v) is 1.70. The van der Waals surface area contributed by atoms with E-state index >= 15 is 0 Å². The van der Waals surface area contributed by atoms with Crippen LogP contribution in [-0.4, -0.2) is 9.97 Å². The van der Waals surface area contributed by atoms with Crippen LogP contribution in [0.25, 0.3) is 10.7 Å². The quantitative estimate of drug-likeness (QED) is 0.751. The standard InChI is InChI=1S/C9H4F3N2S/c10-9(11,12)6-2-1-3-13-7(6)8-14-4-5-15-8/h1-3,5H. The highest BCUT2D eigenvalue weighted by atomic mass is 32.1. The summed E-state index contributed by atoms with van der Waals surface area (Å²) in [7, 11) is 0. The molecule has 2 aromatic rings. The van der Waals surface area contributed by atoms with Crippen LogP contribution >= 0.6 is 11.3 Å². The predicted octanol–water partition coefficient (Wildman–Crippen LogP) is 3.02. The minimum absolute atomic E-state index is 0.142. The van der Waals surface area contributed by atoms with E-state index in [1.54, 1.807) is 0 Å². The minimum atomic E-state index is -4.41. The smallest absolute Gasteiger partial charge is 0.253 e. The Kier molecular flexibility index (Phi) is 2.44. The highest BCUT2D eigenvalue weighted by Gasteiger charge is 2.34. The van der Waals surface area contributed by atoms with E-state index < -0.39 is 11.7 Å². The molecule has 0 amide bonds. The van der Waals surface area contributed by atoms with Gasteiger partial charge >= 0.3 is 6.18 Å². The number of hydrogen-bond acceptors (Lipinski definition) is 3. The molecule has 0 spiro atoms. The third kappa shape index (κ3) is 1.99. The Morgan fingerprint density at radius 2 is 2.13 bits per heavy atom. The van der Waals surface area contributed by atoms with E-state index in [2.05, 4.69) is 16.2 Å². The summed E-state index contributed by atoms with van der Waals surface area (Å²) in [4.78, 5) is 7.39. The van der Waals surface area contributed by atoms with Gasteiger partial charge in [-0.15, -0.1) is 11.3 Å². The number of aromatic nitrogens is 2. The van der Waals surface area contributed by atoms with Crippen molar-refractivity contribution in [2.45, 2.75) is 6.18 Å². The highest BCUT2D eigenvalue weighted by molar-refractivity contribution is 7.13. The fourth-order valence-electron chi connectivity index (χ4n) is 1.11. The molecule has 2 aromatic heterocycles. The molecule has 0 saturated carbocycles. The molecule has 0 unspecified atom stereocenters. The minimum Gasteiger partial charge on any atom is -0.253 e. The van der Waals surface area contributed by atoms with E-state index in [-0.39, 0.29) is 10.7 Å². The molecule has 0 N–H and O–H groups in total. The van der Waals surface area contributed by atoms with Gasteiger partial charge in [-0.3, -0.25) is 4.98 Å². The summed E-state index contributed by atoms with van der Waals surface area (Å²) in [6, 6.07) is 2.24. The number of hydrogen-bond donors (Lipinski definition) is 0. The number of alkyl halides is 3. The van der Waals surface area contributed by atoms with E-state index in [1.807, 2.05) is 0 Å². The van der Waals surface area contributed by atoms with Crippen molar-refractivity contribution in [2.24, 2.45) is 0 Å². The first kappa shape index (κ1) is 10.1. The van der Waals surface area contributed by atoms with Crippen LogP contribution in [0, 0.1) is 6.20 Å². The first-order valence-corrected chi connectivity index (χ1v) is 4.81. The molecular formula is C9H4F3N2S. The summed E-state index contributed by atoms with van der Waals surface area (Å²) in [5.74, 6) is 0. The average Bonchev–Trinajstić information content (AvgIpc) is 2.69. The summed E-state index contributed by atoms with van der Waals surface area (Å²) in [6.07, 6.45) is -0.628. The van der Waals surface area contributed by atoms with Gasteiger partial charge in [0.25, 0.3) is 0 Å². The van der Waals surface area contributed by atoms with Gasteiger partial charge in [0.05, 0.1) is 5.56 Å². The lowest BCUT2D eigenvalue weighted by atomic mass is 10.2. The van der Waals surface area contributed by atoms with Crippen LogP contribution in [-0.2, 0) is 6.18 Å². The molecule has 15 heavy (non-hydrogen) atoms. The normalized spacial score (nSPS) is 11.7. The Morgan fingerprint density at radius 1 is 1.33 bits per heavy atom. The number of halogens is 3. The molecule has 0 aliphatic heterocycles. The Hall–Kier alpha value is -1.43. The molecule has 0 aliphatic rings. The van der Waals surface area contributed by atoms with Crippen molar-refractivity contribution in [3.63, 3.8) is 0 Å². The van der Waals surface area contributed by atoms with Crippen LogP contribution in [0.5, 0.6) is 0 Å². The van der Waals surface area contributed by atoms with Gasteiger partial charge < -0.3 is 0 Å². The van der Waals surface area contributed by atoms with E-state index in [0.717, 1.165) is 17.4 Å². The number of thiazole rings is 1. The van der Waals surface area contributed by atoms with Crippen LogP contribution in [0.2, 0.25) is 0 Å². The van der Waals surface area contributed by atoms with Crippen molar-refractivity contribution in [1.82, 2.24) is 9.97 Å². The van der Waals surface area contributed by atoms with Gasteiger partial charge in [-0.25, -0.2) is 4.98 Å². The lowest BCUT2D eigenvalue weighted by Crippen LogP contribution is -2.07. The first-order chi connectivity index (χ1) is 7.09. The van der Waals surface area contributed by atoms with Gasteiger partial charge in [0.2, 0.25) is 0 Å². The van der Waals surface area contributed by atoms with E-state index in [4.69, 9.17) is 0 Å². The molecule has 0 atom stereocenters. The molecule has 0 fully saturated rings. The molecule has 2 rings (SSSR count). The first-order valence-electron chi connectivity index (χ1n) is 3.93. The molecule has 77 valence electrons. The summed E-state index contributed by atoms with van der Waals surface area (Å²) in [5.41, 5.74) is -0.912. The molecule has 0 bridgehead atoms. The van der Waals surface area contributed by atoms with E-state index in [1.165, 1.54) is 17.6 Å². The molecule has 0 aliphatic carbocycles. The molecule has 6 heteroatoms. The van der Waals surface area contributed by atoms with Crippen molar-refractivity contribution in [3.8, 4) is 10.7 Å². The third-order valence-corrected chi connectivity index (χ3v) is 2.44. The summed E-state index contributed by atoms with van der Waals surface area (Å²) >= 11 is 1.08. The van der Waals surface area contributed by atoms with Gasteiger partial charge in [-0.2, -0.15) is 13.2 Å². The molecule has 2 nitrogen and oxygen atoms in total. The van der Waals surface area contributed by atoms with Crippen molar-refractivity contribution < 1.29 is 13.2 Å². The highest BCUT2D eigenvalue weighted by Crippen LogP contribution is 2.35. The lowest BCUT2D eigenvalue weighted by Gasteiger charge is -2.09. The largest absolute Gasteiger partial charge is 0.418 e. The molecule has 2 heterocycles. The van der Waals surface area contributed by atoms with Crippen molar-refractivity contribution in [1.29, 1.82) is 0 Å². The number of rotatable bonds is 1. The Morgan fingerprint density at radius 3 is 2.73 bits per heavy atom. The zero-order chi connectivity index (χ0) is 10.9. The van der Waals surface area contributed by atoms with Crippen molar-refractivity contribution in [2.75, 3.05) is 0 Å². The van der Waals surface area contributed by atoms with Crippen molar-refractivity contribution >= 4 is 11.3 Å². The molecular weight excluding hydrogens is 225 g/mol. The summed E-state index contributed by atoms with van der Waals surface area (Å²) < 4.78 is 37.7. The van der Waals surface area contributed by atoms with Gasteiger partial charge in [0.1, 0.15) is 16.9 Å². The van der Waals surface area contributed by atoms with Gasteiger partial charge in [-0.1, -0.05) is 0 Å².